The molecule has 0 spiro atoms. The monoisotopic (exact) mass is 415 g/mol. The largest absolute Gasteiger partial charge is 0.342 e. The molecule has 0 atom stereocenters. The second-order valence-corrected chi connectivity index (χ2v) is 9.44. The van der Waals surface area contributed by atoms with Crippen molar-refractivity contribution >= 4 is 16.9 Å². The summed E-state index contributed by atoms with van der Waals surface area (Å²) in [4.78, 5) is 20.4. The highest BCUT2D eigenvalue weighted by atomic mass is 16.2. The maximum absolute atomic E-state index is 13.7. The Morgan fingerprint density at radius 1 is 1.00 bits per heavy atom. The minimum Gasteiger partial charge on any atom is -0.342 e. The third-order valence-corrected chi connectivity index (χ3v) is 7.39. The number of benzene rings is 1. The lowest BCUT2D eigenvalue weighted by molar-refractivity contribution is 0.0518. The van der Waals surface area contributed by atoms with Crippen LogP contribution in [0.2, 0.25) is 0 Å². The number of amides is 1. The smallest absolute Gasteiger partial charge is 0.254 e. The van der Waals surface area contributed by atoms with E-state index in [0.717, 1.165) is 23.1 Å². The van der Waals surface area contributed by atoms with Crippen LogP contribution in [0.4, 0.5) is 0 Å². The molecule has 0 aliphatic heterocycles. The Morgan fingerprint density at radius 2 is 1.71 bits per heavy atom. The van der Waals surface area contributed by atoms with Gasteiger partial charge in [-0.05, 0) is 74.1 Å². The molecule has 0 bridgehead atoms. The van der Waals surface area contributed by atoms with E-state index in [0.29, 0.717) is 12.1 Å². The van der Waals surface area contributed by atoms with Crippen LogP contribution >= 0.6 is 0 Å². The van der Waals surface area contributed by atoms with E-state index in [1.807, 2.05) is 12.3 Å². The Labute approximate surface area is 185 Å². The molecule has 0 N–H and O–H groups in total. The predicted octanol–water partition coefficient (Wildman–Crippen LogP) is 6.11. The summed E-state index contributed by atoms with van der Waals surface area (Å²) < 4.78 is 2.24. The topological polar surface area (TPSA) is 38.1 Å². The average molecular weight is 416 g/mol. The van der Waals surface area contributed by atoms with Crippen LogP contribution in [0.15, 0.2) is 48.8 Å². The Hall–Kier alpha value is -2.62. The number of nitrogens with zero attached hydrogens (tertiary/aromatic N) is 3. The summed E-state index contributed by atoms with van der Waals surface area (Å²) in [6, 6.07) is 13.4. The zero-order valence-corrected chi connectivity index (χ0v) is 18.6. The van der Waals surface area contributed by atoms with Gasteiger partial charge in [0.2, 0.25) is 0 Å². The number of carbonyl (C=O) groups is 1. The number of hydrogen-bond donors (Lipinski definition) is 0. The van der Waals surface area contributed by atoms with Crippen LogP contribution in [0.5, 0.6) is 0 Å². The molecule has 0 radical (unpaired) electrons. The highest BCUT2D eigenvalue weighted by Gasteiger charge is 2.33. The molecule has 3 aromatic rings. The van der Waals surface area contributed by atoms with Crippen molar-refractivity contribution in [3.63, 3.8) is 0 Å². The molecule has 2 saturated carbocycles. The molecule has 4 heteroatoms. The fourth-order valence-electron chi connectivity index (χ4n) is 5.67. The Morgan fingerprint density at radius 3 is 2.42 bits per heavy atom. The van der Waals surface area contributed by atoms with Crippen LogP contribution in [0.1, 0.15) is 79.3 Å². The van der Waals surface area contributed by atoms with Crippen molar-refractivity contribution in [2.75, 3.05) is 0 Å². The van der Waals surface area contributed by atoms with E-state index in [-0.39, 0.29) is 5.91 Å². The zero-order chi connectivity index (χ0) is 21.2. The maximum atomic E-state index is 13.7. The fourth-order valence-corrected chi connectivity index (χ4v) is 5.67. The van der Waals surface area contributed by atoms with E-state index < -0.39 is 0 Å². The molecule has 2 heterocycles. The molecule has 162 valence electrons. The third kappa shape index (κ3) is 4.13. The first-order valence-electron chi connectivity index (χ1n) is 12.0. The van der Waals surface area contributed by atoms with Crippen molar-refractivity contribution in [2.45, 2.75) is 83.3 Å². The highest BCUT2D eigenvalue weighted by molar-refractivity contribution is 5.95. The molecule has 0 saturated heterocycles. The van der Waals surface area contributed by atoms with Gasteiger partial charge in [0.15, 0.2) is 0 Å². The van der Waals surface area contributed by atoms with E-state index >= 15 is 0 Å². The fraction of sp³-hybridized carbons (Fsp3) is 0.481. The Balaban J connectivity index is 1.39. The van der Waals surface area contributed by atoms with Crippen LogP contribution in [0, 0.1) is 6.92 Å². The summed E-state index contributed by atoms with van der Waals surface area (Å²) in [6.07, 6.45) is 15.0. The van der Waals surface area contributed by atoms with E-state index in [9.17, 15) is 4.79 Å². The molecule has 31 heavy (non-hydrogen) atoms. The first-order chi connectivity index (χ1) is 15.2. The quantitative estimate of drug-likeness (QED) is 0.504. The number of pyridine rings is 1. The van der Waals surface area contributed by atoms with E-state index in [1.165, 1.54) is 68.9 Å². The number of hydrogen-bond acceptors (Lipinski definition) is 2. The molecule has 2 aliphatic carbocycles. The minimum atomic E-state index is 0.254. The lowest BCUT2D eigenvalue weighted by Gasteiger charge is -2.39. The Bertz CT molecular complexity index is 1060. The zero-order valence-electron chi connectivity index (χ0n) is 18.6. The van der Waals surface area contributed by atoms with Crippen LogP contribution in [-0.4, -0.2) is 32.4 Å². The van der Waals surface area contributed by atoms with Gasteiger partial charge in [-0.2, -0.15) is 0 Å². The summed E-state index contributed by atoms with van der Waals surface area (Å²) >= 11 is 0. The van der Waals surface area contributed by atoms with Gasteiger partial charge in [-0.15, -0.1) is 0 Å². The van der Waals surface area contributed by atoms with Crippen molar-refractivity contribution in [1.29, 1.82) is 0 Å². The van der Waals surface area contributed by atoms with Gasteiger partial charge >= 0.3 is 0 Å². The predicted molar refractivity (Wildman–Crippen MR) is 125 cm³/mol. The van der Waals surface area contributed by atoms with Gasteiger partial charge in [0.1, 0.15) is 0 Å². The van der Waals surface area contributed by atoms with Gasteiger partial charge < -0.3 is 9.47 Å². The summed E-state index contributed by atoms with van der Waals surface area (Å²) in [6.45, 7) is 2.93. The van der Waals surface area contributed by atoms with Crippen LogP contribution in [-0.2, 0) is 6.54 Å². The number of aryl methyl sites for hydroxylation is 1. The van der Waals surface area contributed by atoms with E-state index in [2.05, 4.69) is 57.9 Å². The summed E-state index contributed by atoms with van der Waals surface area (Å²) in [5.41, 5.74) is 5.46. The first kappa shape index (κ1) is 20.3. The third-order valence-electron chi connectivity index (χ3n) is 7.39. The molecule has 5 rings (SSSR count). The lowest BCUT2D eigenvalue weighted by Crippen LogP contribution is -2.47. The standard InChI is InChI=1S/C27H33N3O/c1-20-18-21(13-14-22(20)19-29-17-15-25-26(29)12-7-16-28-25)27(31)30(24-10-5-6-11-24)23-8-3-2-4-9-23/h7,12-18,23-24H,2-6,8-11,19H2,1H3. The van der Waals surface area contributed by atoms with Crippen molar-refractivity contribution in [2.24, 2.45) is 0 Å². The van der Waals surface area contributed by atoms with Crippen LogP contribution < -0.4 is 0 Å². The van der Waals surface area contributed by atoms with Crippen LogP contribution in [0.25, 0.3) is 11.0 Å². The average Bonchev–Trinajstić information content (AvgIpc) is 3.47. The van der Waals surface area contributed by atoms with Gasteiger partial charge in [0.25, 0.3) is 5.91 Å². The molecule has 4 nitrogen and oxygen atoms in total. The molecule has 2 aliphatic rings. The molecule has 2 aromatic heterocycles. The van der Waals surface area contributed by atoms with Gasteiger partial charge in [-0.3, -0.25) is 9.78 Å². The lowest BCUT2D eigenvalue weighted by atomic mass is 9.92. The normalized spacial score (nSPS) is 18.0. The number of aromatic nitrogens is 2. The molecule has 2 fully saturated rings. The van der Waals surface area contributed by atoms with Crippen molar-refractivity contribution in [1.82, 2.24) is 14.5 Å². The van der Waals surface area contributed by atoms with Crippen molar-refractivity contribution < 1.29 is 4.79 Å². The molecular weight excluding hydrogens is 382 g/mol. The second-order valence-electron chi connectivity index (χ2n) is 9.44. The second kappa shape index (κ2) is 8.86. The van der Waals surface area contributed by atoms with E-state index in [1.54, 1.807) is 0 Å². The van der Waals surface area contributed by atoms with Crippen molar-refractivity contribution in [3.8, 4) is 0 Å². The summed E-state index contributed by atoms with van der Waals surface area (Å²) in [5.74, 6) is 0.254. The highest BCUT2D eigenvalue weighted by Crippen LogP contribution is 2.32. The number of carbonyl (C=O) groups excluding carboxylic acids is 1. The maximum Gasteiger partial charge on any atom is 0.254 e. The Kier molecular flexibility index (Phi) is 5.80. The van der Waals surface area contributed by atoms with Gasteiger partial charge in [-0.1, -0.05) is 38.2 Å². The minimum absolute atomic E-state index is 0.254. The van der Waals surface area contributed by atoms with E-state index in [4.69, 9.17) is 0 Å². The molecule has 1 amide bonds. The number of rotatable bonds is 5. The SMILES string of the molecule is Cc1cc(C(=O)N(C2CCCCC2)C2CCCC2)ccc1Cn1ccc2ncccc21. The molecule has 0 unspecified atom stereocenters. The van der Waals surface area contributed by atoms with Crippen LogP contribution in [0.3, 0.4) is 0 Å². The van der Waals surface area contributed by atoms with Crippen molar-refractivity contribution in [3.05, 3.63) is 65.5 Å². The van der Waals surface area contributed by atoms with Gasteiger partial charge in [-0.25, -0.2) is 0 Å². The van der Waals surface area contributed by atoms with Gasteiger partial charge in [0, 0.05) is 36.6 Å². The van der Waals surface area contributed by atoms with Gasteiger partial charge in [0.05, 0.1) is 11.0 Å². The molecule has 1 aromatic carbocycles. The summed E-state index contributed by atoms with van der Waals surface area (Å²) in [7, 11) is 0. The number of fused-ring (bicyclic) bond motifs is 1. The molecular formula is C27H33N3O. The summed E-state index contributed by atoms with van der Waals surface area (Å²) in [5, 5.41) is 0. The first-order valence-corrected chi connectivity index (χ1v) is 12.0.